The third-order valence-electron chi connectivity index (χ3n) is 3.42. The van der Waals surface area contributed by atoms with Crippen LogP contribution in [-0.2, 0) is 20.0 Å². The van der Waals surface area contributed by atoms with Gasteiger partial charge in [0.1, 0.15) is 13.2 Å². The van der Waals surface area contributed by atoms with Gasteiger partial charge in [-0.15, -0.1) is 0 Å². The summed E-state index contributed by atoms with van der Waals surface area (Å²) in [6, 6.07) is 6.16. The molecule has 1 aromatic heterocycles. The van der Waals surface area contributed by atoms with Gasteiger partial charge in [-0.25, -0.2) is 4.98 Å². The first kappa shape index (κ1) is 13.0. The standard InChI is InChI=1S/C15H19N3O2/c1-18-11-17-10-13(18)9-16-5-4-12-2-3-14-15(8-12)20-7-6-19-14/h2-3,8,10-11,16H,4-7,9H2,1H3. The quantitative estimate of drug-likeness (QED) is 0.839. The Morgan fingerprint density at radius 3 is 2.90 bits per heavy atom. The number of aryl methyl sites for hydroxylation is 1. The molecule has 0 fully saturated rings. The molecule has 1 aliphatic rings. The van der Waals surface area contributed by atoms with Crippen LogP contribution in [0, 0.1) is 0 Å². The molecule has 0 radical (unpaired) electrons. The zero-order valence-corrected chi connectivity index (χ0v) is 11.6. The summed E-state index contributed by atoms with van der Waals surface area (Å²) in [7, 11) is 2.00. The fourth-order valence-electron chi connectivity index (χ4n) is 2.25. The van der Waals surface area contributed by atoms with E-state index < -0.39 is 0 Å². The summed E-state index contributed by atoms with van der Waals surface area (Å²) >= 11 is 0. The van der Waals surface area contributed by atoms with Crippen LogP contribution in [0.15, 0.2) is 30.7 Å². The Balaban J connectivity index is 1.50. The summed E-state index contributed by atoms with van der Waals surface area (Å²) in [4.78, 5) is 4.10. The van der Waals surface area contributed by atoms with Gasteiger partial charge < -0.3 is 19.4 Å². The largest absolute Gasteiger partial charge is 0.486 e. The number of nitrogens with zero attached hydrogens (tertiary/aromatic N) is 2. The first-order valence-corrected chi connectivity index (χ1v) is 6.87. The average molecular weight is 273 g/mol. The summed E-state index contributed by atoms with van der Waals surface area (Å²) in [5, 5.41) is 3.42. The van der Waals surface area contributed by atoms with Gasteiger partial charge in [-0.2, -0.15) is 0 Å². The van der Waals surface area contributed by atoms with E-state index >= 15 is 0 Å². The molecule has 1 aliphatic heterocycles. The zero-order valence-electron chi connectivity index (χ0n) is 11.6. The Bertz CT molecular complexity index is 580. The van der Waals surface area contributed by atoms with Crippen molar-refractivity contribution in [2.75, 3.05) is 19.8 Å². The molecule has 20 heavy (non-hydrogen) atoms. The van der Waals surface area contributed by atoms with E-state index in [-0.39, 0.29) is 0 Å². The molecular formula is C15H19N3O2. The number of aromatic nitrogens is 2. The van der Waals surface area contributed by atoms with Gasteiger partial charge in [-0.05, 0) is 30.7 Å². The maximum Gasteiger partial charge on any atom is 0.161 e. The minimum absolute atomic E-state index is 0.634. The third kappa shape index (κ3) is 2.93. The van der Waals surface area contributed by atoms with E-state index in [0.29, 0.717) is 13.2 Å². The highest BCUT2D eigenvalue weighted by atomic mass is 16.6. The maximum atomic E-state index is 5.59. The van der Waals surface area contributed by atoms with Crippen LogP contribution in [0.25, 0.3) is 0 Å². The van der Waals surface area contributed by atoms with Crippen LogP contribution in [0.4, 0.5) is 0 Å². The molecule has 106 valence electrons. The molecule has 2 aromatic rings. The van der Waals surface area contributed by atoms with Gasteiger partial charge in [0.2, 0.25) is 0 Å². The number of rotatable bonds is 5. The van der Waals surface area contributed by atoms with Crippen LogP contribution in [0.1, 0.15) is 11.3 Å². The third-order valence-corrected chi connectivity index (χ3v) is 3.42. The lowest BCUT2D eigenvalue weighted by Crippen LogP contribution is -2.19. The first-order chi connectivity index (χ1) is 9.83. The van der Waals surface area contributed by atoms with Gasteiger partial charge in [0.05, 0.1) is 12.0 Å². The van der Waals surface area contributed by atoms with Crippen molar-refractivity contribution >= 4 is 0 Å². The van der Waals surface area contributed by atoms with Crippen LogP contribution >= 0.6 is 0 Å². The summed E-state index contributed by atoms with van der Waals surface area (Å²) < 4.78 is 13.1. The number of ether oxygens (including phenoxy) is 2. The van der Waals surface area contributed by atoms with Crippen LogP contribution in [-0.4, -0.2) is 29.3 Å². The SMILES string of the molecule is Cn1cncc1CNCCc1ccc2c(c1)OCCO2. The molecule has 0 saturated carbocycles. The summed E-state index contributed by atoms with van der Waals surface area (Å²) in [5.74, 6) is 1.71. The van der Waals surface area contributed by atoms with Crippen molar-refractivity contribution in [2.24, 2.45) is 7.05 Å². The van der Waals surface area contributed by atoms with Crippen molar-refractivity contribution in [3.63, 3.8) is 0 Å². The van der Waals surface area contributed by atoms with Crippen LogP contribution < -0.4 is 14.8 Å². The van der Waals surface area contributed by atoms with Gasteiger partial charge in [-0.3, -0.25) is 0 Å². The smallest absolute Gasteiger partial charge is 0.161 e. The van der Waals surface area contributed by atoms with E-state index in [4.69, 9.17) is 9.47 Å². The van der Waals surface area contributed by atoms with E-state index in [1.54, 1.807) is 0 Å². The molecule has 3 rings (SSSR count). The molecule has 0 atom stereocenters. The van der Waals surface area contributed by atoms with Crippen molar-refractivity contribution in [3.8, 4) is 11.5 Å². The van der Waals surface area contributed by atoms with E-state index in [1.165, 1.54) is 11.3 Å². The van der Waals surface area contributed by atoms with Gasteiger partial charge >= 0.3 is 0 Å². The van der Waals surface area contributed by atoms with E-state index in [9.17, 15) is 0 Å². The second-order valence-electron chi connectivity index (χ2n) is 4.90. The van der Waals surface area contributed by atoms with E-state index in [0.717, 1.165) is 31.0 Å². The Morgan fingerprint density at radius 2 is 2.10 bits per heavy atom. The molecule has 5 heteroatoms. The lowest BCUT2D eigenvalue weighted by molar-refractivity contribution is 0.171. The molecule has 1 N–H and O–H groups in total. The summed E-state index contributed by atoms with van der Waals surface area (Å²) in [6.07, 6.45) is 4.67. The van der Waals surface area contributed by atoms with Crippen molar-refractivity contribution in [2.45, 2.75) is 13.0 Å². The monoisotopic (exact) mass is 273 g/mol. The van der Waals surface area contributed by atoms with E-state index in [1.807, 2.05) is 30.2 Å². The number of imidazole rings is 1. The minimum atomic E-state index is 0.634. The lowest BCUT2D eigenvalue weighted by Gasteiger charge is -2.18. The fourth-order valence-corrected chi connectivity index (χ4v) is 2.25. The second-order valence-corrected chi connectivity index (χ2v) is 4.90. The highest BCUT2D eigenvalue weighted by Gasteiger charge is 2.11. The van der Waals surface area contributed by atoms with Crippen LogP contribution in [0.3, 0.4) is 0 Å². The summed E-state index contributed by atoms with van der Waals surface area (Å²) in [6.45, 7) is 3.03. The highest BCUT2D eigenvalue weighted by molar-refractivity contribution is 5.43. The van der Waals surface area contributed by atoms with Crippen LogP contribution in [0.2, 0.25) is 0 Å². The zero-order chi connectivity index (χ0) is 13.8. The minimum Gasteiger partial charge on any atom is -0.486 e. The second kappa shape index (κ2) is 5.96. The molecule has 0 spiro atoms. The molecular weight excluding hydrogens is 254 g/mol. The number of nitrogens with one attached hydrogen (secondary N) is 1. The summed E-state index contributed by atoms with van der Waals surface area (Å²) in [5.41, 5.74) is 2.44. The predicted molar refractivity (Wildman–Crippen MR) is 76.1 cm³/mol. The Hall–Kier alpha value is -2.01. The Labute approximate surface area is 118 Å². The lowest BCUT2D eigenvalue weighted by atomic mass is 10.1. The van der Waals surface area contributed by atoms with Crippen LogP contribution in [0.5, 0.6) is 11.5 Å². The fraction of sp³-hybridized carbons (Fsp3) is 0.400. The molecule has 0 amide bonds. The molecule has 0 unspecified atom stereocenters. The maximum absolute atomic E-state index is 5.59. The topological polar surface area (TPSA) is 48.3 Å². The highest BCUT2D eigenvalue weighted by Crippen LogP contribution is 2.30. The molecule has 0 aliphatic carbocycles. The van der Waals surface area contributed by atoms with Crippen molar-refractivity contribution in [1.82, 2.24) is 14.9 Å². The number of fused-ring (bicyclic) bond motifs is 1. The molecule has 5 nitrogen and oxygen atoms in total. The van der Waals surface area contributed by atoms with Gasteiger partial charge in [0, 0.05) is 19.8 Å². The van der Waals surface area contributed by atoms with Crippen molar-refractivity contribution in [1.29, 1.82) is 0 Å². The predicted octanol–water partition coefficient (Wildman–Crippen LogP) is 1.52. The number of hydrogen-bond donors (Lipinski definition) is 1. The molecule has 0 saturated heterocycles. The average Bonchev–Trinajstić information content (AvgIpc) is 2.89. The van der Waals surface area contributed by atoms with Crippen molar-refractivity contribution < 1.29 is 9.47 Å². The van der Waals surface area contributed by atoms with Crippen molar-refractivity contribution in [3.05, 3.63) is 42.0 Å². The molecule has 1 aromatic carbocycles. The molecule has 2 heterocycles. The Kier molecular flexibility index (Phi) is 3.87. The van der Waals surface area contributed by atoms with Gasteiger partial charge in [0.15, 0.2) is 11.5 Å². The normalized spacial score (nSPS) is 13.4. The Morgan fingerprint density at radius 1 is 1.25 bits per heavy atom. The first-order valence-electron chi connectivity index (χ1n) is 6.87. The number of hydrogen-bond acceptors (Lipinski definition) is 4. The molecule has 0 bridgehead atoms. The van der Waals surface area contributed by atoms with Gasteiger partial charge in [0.25, 0.3) is 0 Å². The van der Waals surface area contributed by atoms with E-state index in [2.05, 4.69) is 22.4 Å². The van der Waals surface area contributed by atoms with Gasteiger partial charge in [-0.1, -0.05) is 6.07 Å². The number of benzene rings is 1.